The molecule has 72 valence electrons. The van der Waals surface area contributed by atoms with E-state index in [-0.39, 0.29) is 0 Å². The van der Waals surface area contributed by atoms with Gasteiger partial charge < -0.3 is 14.3 Å². The Labute approximate surface area is 82.2 Å². The van der Waals surface area contributed by atoms with Crippen molar-refractivity contribution in [1.29, 1.82) is 0 Å². The molecule has 1 rings (SSSR count). The van der Waals surface area contributed by atoms with Crippen LogP contribution in [-0.2, 0) is 11.8 Å². The fraction of sp³-hybridized carbons (Fsp3) is 0.250. The molecule has 0 atom stereocenters. The Morgan fingerprint density at radius 3 is 2.31 bits per heavy atom. The number of hydrogen-bond acceptors (Lipinski definition) is 2. The molecule has 3 nitrogen and oxygen atoms in total. The van der Waals surface area contributed by atoms with Crippen LogP contribution in [-0.4, -0.2) is 9.79 Å². The summed E-state index contributed by atoms with van der Waals surface area (Å²) in [6.07, 6.45) is 0. The van der Waals surface area contributed by atoms with Gasteiger partial charge in [-0.05, 0) is 37.1 Å². The first kappa shape index (κ1) is 10.7. The summed E-state index contributed by atoms with van der Waals surface area (Å²) >= 11 is 4.34. The van der Waals surface area contributed by atoms with Crippen molar-refractivity contribution in [2.45, 2.75) is 13.8 Å². The zero-order valence-electron chi connectivity index (χ0n) is 7.39. The zero-order chi connectivity index (χ0) is 10.1. The Bertz CT molecular complexity index is 358. The number of aryl methyl sites for hydroxylation is 2. The van der Waals surface area contributed by atoms with Gasteiger partial charge in [-0.2, -0.15) is 0 Å². The normalized spacial score (nSPS) is 11.4. The quantitative estimate of drug-likeness (QED) is 0.744. The van der Waals surface area contributed by atoms with Gasteiger partial charge in [-0.25, -0.2) is 0 Å². The van der Waals surface area contributed by atoms with Crippen LogP contribution in [0.15, 0.2) is 18.2 Å². The molecular weight excluding hydrogens is 207 g/mol. The Morgan fingerprint density at radius 1 is 1.23 bits per heavy atom. The SMILES string of the molecule is Cc1ccc(OP(O)(O)=S)cc1C. The lowest BCUT2D eigenvalue weighted by atomic mass is 10.1. The second-order valence-corrected chi connectivity index (χ2v) is 5.42. The highest BCUT2D eigenvalue weighted by atomic mass is 32.5. The molecule has 13 heavy (non-hydrogen) atoms. The molecule has 0 saturated carbocycles. The molecule has 0 fully saturated rings. The first-order valence-corrected chi connectivity index (χ1v) is 6.33. The Morgan fingerprint density at radius 2 is 1.85 bits per heavy atom. The van der Waals surface area contributed by atoms with Crippen molar-refractivity contribution in [3.05, 3.63) is 29.3 Å². The maximum Gasteiger partial charge on any atom is 0.375 e. The molecule has 1 aromatic carbocycles. The van der Waals surface area contributed by atoms with Crippen molar-refractivity contribution >= 4 is 18.5 Å². The molecule has 0 saturated heterocycles. The maximum atomic E-state index is 8.89. The summed E-state index contributed by atoms with van der Waals surface area (Å²) < 4.78 is 4.77. The van der Waals surface area contributed by atoms with Crippen molar-refractivity contribution in [2.75, 3.05) is 0 Å². The van der Waals surface area contributed by atoms with E-state index in [1.165, 1.54) is 0 Å². The number of rotatable bonds is 2. The molecule has 1 aromatic rings. The Balaban J connectivity index is 2.92. The third-order valence-electron chi connectivity index (χ3n) is 1.70. The summed E-state index contributed by atoms with van der Waals surface area (Å²) in [6.45, 7) is 0.293. The predicted octanol–water partition coefficient (Wildman–Crippen LogP) is 1.89. The van der Waals surface area contributed by atoms with Gasteiger partial charge in [0.05, 0.1) is 0 Å². The first-order valence-electron chi connectivity index (χ1n) is 3.71. The van der Waals surface area contributed by atoms with Gasteiger partial charge in [0, 0.05) is 11.8 Å². The van der Waals surface area contributed by atoms with Crippen molar-refractivity contribution in [3.63, 3.8) is 0 Å². The van der Waals surface area contributed by atoms with Gasteiger partial charge >= 0.3 is 6.72 Å². The van der Waals surface area contributed by atoms with Crippen molar-refractivity contribution in [2.24, 2.45) is 0 Å². The average molecular weight is 218 g/mol. The highest BCUT2D eigenvalue weighted by Gasteiger charge is 2.09. The highest BCUT2D eigenvalue weighted by molar-refractivity contribution is 8.06. The minimum atomic E-state index is -3.59. The Hall–Kier alpha value is -0.410. The van der Waals surface area contributed by atoms with E-state index >= 15 is 0 Å². The standard InChI is InChI=1S/C8H11O3PS/c1-6-3-4-8(5-7(6)2)11-12(9,10)13/h3-5H,1-2H3,(H2,9,10,13). The van der Waals surface area contributed by atoms with Gasteiger partial charge in [-0.15, -0.1) is 0 Å². The molecule has 0 aliphatic rings. The second-order valence-electron chi connectivity index (χ2n) is 2.83. The molecule has 0 aromatic heterocycles. The largest absolute Gasteiger partial charge is 0.424 e. The summed E-state index contributed by atoms with van der Waals surface area (Å²) in [4.78, 5) is 17.8. The molecule has 0 bridgehead atoms. The average Bonchev–Trinajstić information content (AvgIpc) is 1.94. The van der Waals surface area contributed by atoms with E-state index in [2.05, 4.69) is 11.8 Å². The minimum Gasteiger partial charge on any atom is -0.424 e. The molecule has 0 unspecified atom stereocenters. The van der Waals surface area contributed by atoms with E-state index in [0.29, 0.717) is 5.75 Å². The van der Waals surface area contributed by atoms with Crippen LogP contribution in [0.5, 0.6) is 5.75 Å². The van der Waals surface area contributed by atoms with Crippen LogP contribution < -0.4 is 4.52 Å². The van der Waals surface area contributed by atoms with Gasteiger partial charge in [0.1, 0.15) is 5.75 Å². The van der Waals surface area contributed by atoms with E-state index in [4.69, 9.17) is 14.3 Å². The lowest BCUT2D eigenvalue weighted by Crippen LogP contribution is -1.90. The van der Waals surface area contributed by atoms with E-state index < -0.39 is 6.72 Å². The van der Waals surface area contributed by atoms with Crippen LogP contribution in [0.2, 0.25) is 0 Å². The maximum absolute atomic E-state index is 8.89. The molecule has 0 heterocycles. The van der Waals surface area contributed by atoms with Crippen LogP contribution in [0.4, 0.5) is 0 Å². The summed E-state index contributed by atoms with van der Waals surface area (Å²) in [5.74, 6) is 0.399. The fourth-order valence-corrected chi connectivity index (χ4v) is 1.55. The van der Waals surface area contributed by atoms with Gasteiger partial charge in [0.25, 0.3) is 0 Å². The molecule has 0 amide bonds. The van der Waals surface area contributed by atoms with E-state index in [1.807, 2.05) is 19.9 Å². The summed E-state index contributed by atoms with van der Waals surface area (Å²) in [5, 5.41) is 0. The molecule has 5 heteroatoms. The van der Waals surface area contributed by atoms with Crippen molar-refractivity contribution in [1.82, 2.24) is 0 Å². The van der Waals surface area contributed by atoms with Crippen molar-refractivity contribution in [3.8, 4) is 5.75 Å². The van der Waals surface area contributed by atoms with Gasteiger partial charge in [-0.1, -0.05) is 6.07 Å². The van der Waals surface area contributed by atoms with Crippen LogP contribution in [0, 0.1) is 13.8 Å². The van der Waals surface area contributed by atoms with E-state index in [1.54, 1.807) is 12.1 Å². The van der Waals surface area contributed by atoms with E-state index in [9.17, 15) is 0 Å². The van der Waals surface area contributed by atoms with Crippen LogP contribution >= 0.6 is 6.72 Å². The van der Waals surface area contributed by atoms with Gasteiger partial charge in [0.2, 0.25) is 0 Å². The lowest BCUT2D eigenvalue weighted by molar-refractivity contribution is 0.370. The molecule has 0 radical (unpaired) electrons. The van der Waals surface area contributed by atoms with Crippen LogP contribution in [0.1, 0.15) is 11.1 Å². The molecule has 0 aliphatic carbocycles. The van der Waals surface area contributed by atoms with Gasteiger partial charge in [-0.3, -0.25) is 0 Å². The summed E-state index contributed by atoms with van der Waals surface area (Å²) in [6, 6.07) is 5.23. The lowest BCUT2D eigenvalue weighted by Gasteiger charge is -2.10. The third-order valence-corrected chi connectivity index (χ3v) is 2.37. The summed E-state index contributed by atoms with van der Waals surface area (Å²) in [7, 11) is 0. The predicted molar refractivity (Wildman–Crippen MR) is 55.3 cm³/mol. The Kier molecular flexibility index (Phi) is 3.09. The van der Waals surface area contributed by atoms with Gasteiger partial charge in [0.15, 0.2) is 0 Å². The molecule has 0 aliphatic heterocycles. The third kappa shape index (κ3) is 3.44. The first-order chi connectivity index (χ1) is 5.88. The topological polar surface area (TPSA) is 49.7 Å². The molecule has 0 spiro atoms. The van der Waals surface area contributed by atoms with Crippen LogP contribution in [0.3, 0.4) is 0 Å². The minimum absolute atomic E-state index is 0.399. The van der Waals surface area contributed by atoms with E-state index in [0.717, 1.165) is 11.1 Å². The van der Waals surface area contributed by atoms with Crippen molar-refractivity contribution < 1.29 is 14.3 Å². The summed E-state index contributed by atoms with van der Waals surface area (Å²) in [5.41, 5.74) is 2.15. The monoisotopic (exact) mass is 218 g/mol. The van der Waals surface area contributed by atoms with Crippen LogP contribution in [0.25, 0.3) is 0 Å². The second kappa shape index (κ2) is 3.76. The molecule has 2 N–H and O–H groups in total. The number of hydrogen-bond donors (Lipinski definition) is 2. The fourth-order valence-electron chi connectivity index (χ4n) is 0.908. The smallest absolute Gasteiger partial charge is 0.375 e. The highest BCUT2D eigenvalue weighted by Crippen LogP contribution is 2.38. The molecular formula is C8H11O3PS. The number of benzene rings is 1. The zero-order valence-corrected chi connectivity index (χ0v) is 9.10.